The Labute approximate surface area is 63.6 Å². The standard InChI is InChI=1S/C9H17N/c1-4-5-6-8(2)9(3)7-10/h4-6,8-9H,1,7,10H2,2-3H3/b6-5-. The van der Waals surface area contributed by atoms with Crippen molar-refractivity contribution >= 4 is 0 Å². The second-order valence-electron chi connectivity index (χ2n) is 2.69. The molecule has 2 atom stereocenters. The maximum absolute atomic E-state index is 5.48. The Morgan fingerprint density at radius 2 is 2.10 bits per heavy atom. The zero-order chi connectivity index (χ0) is 7.98. The molecule has 0 saturated carbocycles. The van der Waals surface area contributed by atoms with Gasteiger partial charge in [0.1, 0.15) is 0 Å². The van der Waals surface area contributed by atoms with Crippen LogP contribution in [-0.4, -0.2) is 6.54 Å². The van der Waals surface area contributed by atoms with Crippen molar-refractivity contribution in [1.82, 2.24) is 0 Å². The molecule has 0 aromatic carbocycles. The largest absolute Gasteiger partial charge is 0.330 e. The lowest BCUT2D eigenvalue weighted by Gasteiger charge is -2.12. The maximum atomic E-state index is 5.48. The maximum Gasteiger partial charge on any atom is -0.00460 e. The van der Waals surface area contributed by atoms with Crippen LogP contribution in [0.4, 0.5) is 0 Å². The smallest absolute Gasteiger partial charge is 0.00460 e. The van der Waals surface area contributed by atoms with E-state index in [-0.39, 0.29) is 0 Å². The SMILES string of the molecule is C=C/C=C\C(C)C(C)CN. The van der Waals surface area contributed by atoms with Gasteiger partial charge >= 0.3 is 0 Å². The molecule has 10 heavy (non-hydrogen) atoms. The molecule has 0 amide bonds. The summed E-state index contributed by atoms with van der Waals surface area (Å²) in [5.74, 6) is 1.12. The van der Waals surface area contributed by atoms with Crippen LogP contribution in [0.3, 0.4) is 0 Å². The van der Waals surface area contributed by atoms with Gasteiger partial charge < -0.3 is 5.73 Å². The van der Waals surface area contributed by atoms with E-state index < -0.39 is 0 Å². The van der Waals surface area contributed by atoms with Gasteiger partial charge in [0.05, 0.1) is 0 Å². The monoisotopic (exact) mass is 139 g/mol. The van der Waals surface area contributed by atoms with Crippen LogP contribution in [0.25, 0.3) is 0 Å². The van der Waals surface area contributed by atoms with Crippen LogP contribution in [0.2, 0.25) is 0 Å². The minimum atomic E-state index is 0.558. The summed E-state index contributed by atoms with van der Waals surface area (Å²) in [6.45, 7) is 8.67. The lowest BCUT2D eigenvalue weighted by Crippen LogP contribution is -2.16. The molecule has 0 aliphatic rings. The zero-order valence-corrected chi connectivity index (χ0v) is 6.88. The first-order valence-corrected chi connectivity index (χ1v) is 3.71. The highest BCUT2D eigenvalue weighted by Gasteiger charge is 2.04. The number of hydrogen-bond acceptors (Lipinski definition) is 1. The van der Waals surface area contributed by atoms with Gasteiger partial charge in [-0.3, -0.25) is 0 Å². The van der Waals surface area contributed by atoms with Gasteiger partial charge in [-0.2, -0.15) is 0 Å². The van der Waals surface area contributed by atoms with Crippen molar-refractivity contribution in [2.24, 2.45) is 17.6 Å². The molecular weight excluding hydrogens is 122 g/mol. The molecule has 0 fully saturated rings. The van der Waals surface area contributed by atoms with E-state index >= 15 is 0 Å². The summed E-state index contributed by atoms with van der Waals surface area (Å²) in [6.07, 6.45) is 5.89. The average molecular weight is 139 g/mol. The predicted molar refractivity (Wildman–Crippen MR) is 46.7 cm³/mol. The molecule has 0 aromatic heterocycles. The fourth-order valence-corrected chi connectivity index (χ4v) is 0.658. The number of allylic oxidation sites excluding steroid dienone is 3. The summed E-state index contributed by atoms with van der Waals surface area (Å²) in [5, 5.41) is 0. The van der Waals surface area contributed by atoms with E-state index in [2.05, 4.69) is 26.5 Å². The Hall–Kier alpha value is -0.560. The van der Waals surface area contributed by atoms with E-state index in [1.165, 1.54) is 0 Å². The molecule has 0 aliphatic carbocycles. The fraction of sp³-hybridized carbons (Fsp3) is 0.556. The van der Waals surface area contributed by atoms with Gasteiger partial charge in [-0.25, -0.2) is 0 Å². The molecule has 1 nitrogen and oxygen atoms in total. The second kappa shape index (κ2) is 5.24. The molecule has 0 heterocycles. The van der Waals surface area contributed by atoms with Gasteiger partial charge in [0, 0.05) is 0 Å². The van der Waals surface area contributed by atoms with Crippen molar-refractivity contribution in [3.05, 3.63) is 24.8 Å². The van der Waals surface area contributed by atoms with E-state index in [0.717, 1.165) is 6.54 Å². The van der Waals surface area contributed by atoms with Gasteiger partial charge in [0.25, 0.3) is 0 Å². The molecule has 0 spiro atoms. The molecule has 2 N–H and O–H groups in total. The van der Waals surface area contributed by atoms with Crippen LogP contribution >= 0.6 is 0 Å². The predicted octanol–water partition coefficient (Wildman–Crippen LogP) is 1.96. The van der Waals surface area contributed by atoms with Crippen molar-refractivity contribution in [1.29, 1.82) is 0 Å². The number of rotatable bonds is 4. The quantitative estimate of drug-likeness (QED) is 0.592. The highest BCUT2D eigenvalue weighted by molar-refractivity contribution is 5.00. The van der Waals surface area contributed by atoms with E-state index in [0.29, 0.717) is 11.8 Å². The lowest BCUT2D eigenvalue weighted by molar-refractivity contribution is 0.471. The summed E-state index contributed by atoms with van der Waals surface area (Å²) in [5.41, 5.74) is 5.48. The van der Waals surface area contributed by atoms with Crippen LogP contribution in [0.1, 0.15) is 13.8 Å². The lowest BCUT2D eigenvalue weighted by atomic mass is 9.96. The van der Waals surface area contributed by atoms with Gasteiger partial charge in [-0.15, -0.1) is 0 Å². The van der Waals surface area contributed by atoms with Crippen LogP contribution in [-0.2, 0) is 0 Å². The molecule has 0 rings (SSSR count). The molecule has 2 unspecified atom stereocenters. The number of nitrogens with two attached hydrogens (primary N) is 1. The first-order chi connectivity index (χ1) is 4.72. The van der Waals surface area contributed by atoms with Crippen molar-refractivity contribution in [3.8, 4) is 0 Å². The zero-order valence-electron chi connectivity index (χ0n) is 6.88. The van der Waals surface area contributed by atoms with Crippen LogP contribution in [0.5, 0.6) is 0 Å². The van der Waals surface area contributed by atoms with Gasteiger partial charge in [-0.1, -0.05) is 38.7 Å². The van der Waals surface area contributed by atoms with E-state index in [4.69, 9.17) is 5.73 Å². The van der Waals surface area contributed by atoms with Gasteiger partial charge in [-0.05, 0) is 18.4 Å². The summed E-state index contributed by atoms with van der Waals surface area (Å²) >= 11 is 0. The molecular formula is C9H17N. The van der Waals surface area contributed by atoms with Gasteiger partial charge in [0.2, 0.25) is 0 Å². The Balaban J connectivity index is 3.70. The Morgan fingerprint density at radius 1 is 1.50 bits per heavy atom. The van der Waals surface area contributed by atoms with Crippen LogP contribution < -0.4 is 5.73 Å². The summed E-state index contributed by atoms with van der Waals surface area (Å²) in [4.78, 5) is 0. The first kappa shape index (κ1) is 9.44. The summed E-state index contributed by atoms with van der Waals surface area (Å²) in [6, 6.07) is 0. The highest BCUT2D eigenvalue weighted by atomic mass is 14.5. The Morgan fingerprint density at radius 3 is 2.50 bits per heavy atom. The highest BCUT2D eigenvalue weighted by Crippen LogP contribution is 2.09. The summed E-state index contributed by atoms with van der Waals surface area (Å²) in [7, 11) is 0. The van der Waals surface area contributed by atoms with Crippen molar-refractivity contribution in [3.63, 3.8) is 0 Å². The van der Waals surface area contributed by atoms with Crippen molar-refractivity contribution in [2.45, 2.75) is 13.8 Å². The van der Waals surface area contributed by atoms with Gasteiger partial charge in [0.15, 0.2) is 0 Å². The van der Waals surface area contributed by atoms with E-state index in [1.807, 2.05) is 6.08 Å². The van der Waals surface area contributed by atoms with Crippen molar-refractivity contribution < 1.29 is 0 Å². The molecule has 0 saturated heterocycles. The minimum Gasteiger partial charge on any atom is -0.330 e. The average Bonchev–Trinajstić information content (AvgIpc) is 1.98. The fourth-order valence-electron chi connectivity index (χ4n) is 0.658. The topological polar surface area (TPSA) is 26.0 Å². The third kappa shape index (κ3) is 3.46. The van der Waals surface area contributed by atoms with Crippen LogP contribution in [0, 0.1) is 11.8 Å². The van der Waals surface area contributed by atoms with Crippen LogP contribution in [0.15, 0.2) is 24.8 Å². The number of hydrogen-bond donors (Lipinski definition) is 1. The second-order valence-corrected chi connectivity index (χ2v) is 2.69. The third-order valence-corrected chi connectivity index (χ3v) is 1.82. The molecule has 1 heteroatoms. The van der Waals surface area contributed by atoms with E-state index in [9.17, 15) is 0 Å². The van der Waals surface area contributed by atoms with E-state index in [1.54, 1.807) is 6.08 Å². The summed E-state index contributed by atoms with van der Waals surface area (Å²) < 4.78 is 0. The Kier molecular flexibility index (Phi) is 4.95. The third-order valence-electron chi connectivity index (χ3n) is 1.82. The normalized spacial score (nSPS) is 17.1. The van der Waals surface area contributed by atoms with Crippen molar-refractivity contribution in [2.75, 3.05) is 6.54 Å². The molecule has 0 aromatic rings. The molecule has 0 aliphatic heterocycles. The minimum absolute atomic E-state index is 0.558. The molecule has 58 valence electrons. The molecule has 0 radical (unpaired) electrons. The first-order valence-electron chi connectivity index (χ1n) is 3.71. The molecule has 0 bridgehead atoms. The Bertz CT molecular complexity index is 116.